The van der Waals surface area contributed by atoms with Gasteiger partial charge in [0.05, 0.1) is 33.1 Å². The molecule has 2 N–H and O–H groups in total. The average Bonchev–Trinajstić information content (AvgIpc) is 3.22. The fourth-order valence-electron chi connectivity index (χ4n) is 4.21. The van der Waals surface area contributed by atoms with Crippen LogP contribution in [0, 0.1) is 0 Å². The second kappa shape index (κ2) is 10.4. The molecule has 1 aliphatic heterocycles. The minimum atomic E-state index is -0.445. The molecule has 32 heavy (non-hydrogen) atoms. The number of benzene rings is 1. The van der Waals surface area contributed by atoms with Gasteiger partial charge in [-0.05, 0) is 43.7 Å². The third-order valence-corrected chi connectivity index (χ3v) is 6.77. The second-order valence-electron chi connectivity index (χ2n) is 8.01. The predicted octanol–water partition coefficient (Wildman–Crippen LogP) is 4.52. The third-order valence-electron chi connectivity index (χ3n) is 5.96. The summed E-state index contributed by atoms with van der Waals surface area (Å²) in [5, 5.41) is 5.54. The van der Waals surface area contributed by atoms with Gasteiger partial charge in [-0.3, -0.25) is 9.80 Å². The Bertz CT molecular complexity index is 1060. The van der Waals surface area contributed by atoms with E-state index in [2.05, 4.69) is 14.9 Å². The number of aromatic nitrogens is 2. The third kappa shape index (κ3) is 5.11. The quantitative estimate of drug-likeness (QED) is 0.487. The smallest absolute Gasteiger partial charge is 0.319 e. The predicted molar refractivity (Wildman–Crippen MR) is 131 cm³/mol. The number of halogens is 2. The summed E-state index contributed by atoms with van der Waals surface area (Å²) in [7, 11) is 0. The highest BCUT2D eigenvalue weighted by atomic mass is 35.5. The number of pyridine rings is 1. The lowest BCUT2D eigenvalue weighted by Gasteiger charge is -2.36. The molecule has 4 rings (SSSR count). The maximum atomic E-state index is 12.0. The molecule has 0 spiro atoms. The lowest BCUT2D eigenvalue weighted by Crippen LogP contribution is -2.46. The molecule has 2 amide bonds. The average molecular weight is 475 g/mol. The van der Waals surface area contributed by atoms with E-state index in [9.17, 15) is 4.79 Å². The molecule has 170 valence electrons. The molecule has 1 fully saturated rings. The minimum absolute atomic E-state index is 0.445. The standard InChI is InChI=1S/C23H28Cl2N6O/c24-18-7-6-9-20(22(18)25)29-15-13-28(14-16-29)10-3-1-4-11-30(23(26)32)21-17-27-31-12-5-2-8-19(21)31/h2,5-9,12,17H,1,3-4,10-11,13-16H2,(H2,26,32). The van der Waals surface area contributed by atoms with Gasteiger partial charge in [-0.2, -0.15) is 5.10 Å². The molecule has 0 atom stereocenters. The van der Waals surface area contributed by atoms with Crippen molar-refractivity contribution in [2.24, 2.45) is 5.73 Å². The fraction of sp³-hybridized carbons (Fsp3) is 0.391. The molecule has 2 aromatic heterocycles. The number of urea groups is 1. The molecule has 0 aliphatic carbocycles. The molecule has 0 saturated carbocycles. The number of rotatable bonds is 8. The first-order chi connectivity index (χ1) is 15.5. The normalized spacial score (nSPS) is 14.8. The molecule has 1 aromatic carbocycles. The number of carbonyl (C=O) groups is 1. The topological polar surface area (TPSA) is 70.1 Å². The summed E-state index contributed by atoms with van der Waals surface area (Å²) < 4.78 is 1.75. The summed E-state index contributed by atoms with van der Waals surface area (Å²) in [5.74, 6) is 0. The van der Waals surface area contributed by atoms with Gasteiger partial charge in [-0.1, -0.05) is 41.8 Å². The number of nitrogens with zero attached hydrogens (tertiary/aromatic N) is 5. The molecule has 3 aromatic rings. The van der Waals surface area contributed by atoms with Gasteiger partial charge >= 0.3 is 6.03 Å². The number of piperazine rings is 1. The number of primary amides is 1. The Labute approximate surface area is 198 Å². The number of amides is 2. The SMILES string of the molecule is NC(=O)N(CCCCCN1CCN(c2cccc(Cl)c2Cl)CC1)c1cnn2ccccc12. The van der Waals surface area contributed by atoms with E-state index in [0.29, 0.717) is 16.6 Å². The molecule has 0 unspecified atom stereocenters. The van der Waals surface area contributed by atoms with Crippen molar-refractivity contribution < 1.29 is 4.79 Å². The van der Waals surface area contributed by atoms with Gasteiger partial charge in [0, 0.05) is 38.9 Å². The first-order valence-corrected chi connectivity index (χ1v) is 11.7. The highest BCUT2D eigenvalue weighted by Crippen LogP contribution is 2.32. The van der Waals surface area contributed by atoms with Crippen molar-refractivity contribution in [3.8, 4) is 0 Å². The van der Waals surface area contributed by atoms with Gasteiger partial charge in [0.25, 0.3) is 0 Å². The van der Waals surface area contributed by atoms with Crippen molar-refractivity contribution in [1.29, 1.82) is 0 Å². The number of fused-ring (bicyclic) bond motifs is 1. The summed E-state index contributed by atoms with van der Waals surface area (Å²) >= 11 is 12.5. The van der Waals surface area contributed by atoms with E-state index < -0.39 is 6.03 Å². The van der Waals surface area contributed by atoms with Crippen LogP contribution in [0.4, 0.5) is 16.2 Å². The first-order valence-electron chi connectivity index (χ1n) is 11.0. The first kappa shape index (κ1) is 22.7. The number of hydrogen-bond donors (Lipinski definition) is 1. The summed E-state index contributed by atoms with van der Waals surface area (Å²) in [6.45, 7) is 5.50. The van der Waals surface area contributed by atoms with Gasteiger partial charge in [-0.15, -0.1) is 0 Å². The summed E-state index contributed by atoms with van der Waals surface area (Å²) in [6, 6.07) is 11.1. The zero-order chi connectivity index (χ0) is 22.5. The van der Waals surface area contributed by atoms with Crippen molar-refractivity contribution in [3.63, 3.8) is 0 Å². The molecular weight excluding hydrogens is 447 g/mol. The van der Waals surface area contributed by atoms with Crippen molar-refractivity contribution in [2.45, 2.75) is 19.3 Å². The van der Waals surface area contributed by atoms with Crippen molar-refractivity contribution in [1.82, 2.24) is 14.5 Å². The van der Waals surface area contributed by atoms with E-state index in [1.54, 1.807) is 15.6 Å². The van der Waals surface area contributed by atoms with E-state index in [4.69, 9.17) is 28.9 Å². The molecule has 0 bridgehead atoms. The maximum Gasteiger partial charge on any atom is 0.319 e. The van der Waals surface area contributed by atoms with Crippen LogP contribution in [0.2, 0.25) is 10.0 Å². The lowest BCUT2D eigenvalue weighted by atomic mass is 10.2. The van der Waals surface area contributed by atoms with Gasteiger partial charge in [0.15, 0.2) is 0 Å². The Hall–Kier alpha value is -2.48. The molecular formula is C23H28Cl2N6O. The minimum Gasteiger partial charge on any atom is -0.368 e. The van der Waals surface area contributed by atoms with Crippen LogP contribution in [-0.2, 0) is 0 Å². The Morgan fingerprint density at radius 2 is 1.84 bits per heavy atom. The molecule has 1 aliphatic rings. The number of nitrogens with two attached hydrogens (primary N) is 1. The van der Waals surface area contributed by atoms with E-state index >= 15 is 0 Å². The Morgan fingerprint density at radius 1 is 1.03 bits per heavy atom. The lowest BCUT2D eigenvalue weighted by molar-refractivity contribution is 0.250. The Kier molecular flexibility index (Phi) is 7.40. The molecule has 0 radical (unpaired) electrons. The molecule has 7 nitrogen and oxygen atoms in total. The number of hydrogen-bond acceptors (Lipinski definition) is 4. The van der Waals surface area contributed by atoms with Crippen molar-refractivity contribution >= 4 is 46.1 Å². The van der Waals surface area contributed by atoms with Crippen LogP contribution in [0.1, 0.15) is 19.3 Å². The maximum absolute atomic E-state index is 12.0. The number of unbranched alkanes of at least 4 members (excludes halogenated alkanes) is 2. The van der Waals surface area contributed by atoms with Gasteiger partial charge in [-0.25, -0.2) is 9.31 Å². The summed E-state index contributed by atoms with van der Waals surface area (Å²) in [4.78, 5) is 18.4. The van der Waals surface area contributed by atoms with Crippen LogP contribution in [0.5, 0.6) is 0 Å². The highest BCUT2D eigenvalue weighted by Gasteiger charge is 2.20. The monoisotopic (exact) mass is 474 g/mol. The summed E-state index contributed by atoms with van der Waals surface area (Å²) in [6.07, 6.45) is 6.57. The van der Waals surface area contributed by atoms with Crippen LogP contribution >= 0.6 is 23.2 Å². The van der Waals surface area contributed by atoms with E-state index in [1.807, 2.05) is 42.6 Å². The van der Waals surface area contributed by atoms with Crippen molar-refractivity contribution in [3.05, 3.63) is 58.8 Å². The number of anilines is 2. The highest BCUT2D eigenvalue weighted by molar-refractivity contribution is 6.43. The van der Waals surface area contributed by atoms with E-state index in [1.165, 1.54) is 0 Å². The van der Waals surface area contributed by atoms with Gasteiger partial charge in [0.2, 0.25) is 0 Å². The summed E-state index contributed by atoms with van der Waals surface area (Å²) in [5.41, 5.74) is 8.30. The Balaban J connectivity index is 1.21. The Morgan fingerprint density at radius 3 is 2.62 bits per heavy atom. The van der Waals surface area contributed by atoms with Crippen LogP contribution in [-0.4, -0.2) is 59.8 Å². The molecule has 3 heterocycles. The fourth-order valence-corrected chi connectivity index (χ4v) is 4.62. The van der Waals surface area contributed by atoms with Gasteiger partial charge in [0.1, 0.15) is 0 Å². The van der Waals surface area contributed by atoms with E-state index in [0.717, 1.165) is 68.9 Å². The van der Waals surface area contributed by atoms with Gasteiger partial charge < -0.3 is 10.6 Å². The van der Waals surface area contributed by atoms with Crippen LogP contribution in [0.15, 0.2) is 48.8 Å². The van der Waals surface area contributed by atoms with Crippen molar-refractivity contribution in [2.75, 3.05) is 49.1 Å². The van der Waals surface area contributed by atoms with Crippen LogP contribution < -0.4 is 15.5 Å². The van der Waals surface area contributed by atoms with Crippen LogP contribution in [0.25, 0.3) is 5.52 Å². The zero-order valence-electron chi connectivity index (χ0n) is 18.0. The molecule has 9 heteroatoms. The van der Waals surface area contributed by atoms with E-state index in [-0.39, 0.29) is 0 Å². The largest absolute Gasteiger partial charge is 0.368 e. The number of carbonyl (C=O) groups excluding carboxylic acids is 1. The zero-order valence-corrected chi connectivity index (χ0v) is 19.5. The molecule has 1 saturated heterocycles. The van der Waals surface area contributed by atoms with Crippen LogP contribution in [0.3, 0.4) is 0 Å². The second-order valence-corrected chi connectivity index (χ2v) is 8.80.